The maximum atomic E-state index is 13.8. The van der Waals surface area contributed by atoms with Crippen LogP contribution in [-0.2, 0) is 4.74 Å². The summed E-state index contributed by atoms with van der Waals surface area (Å²) in [5, 5.41) is 0. The molecule has 24 heavy (non-hydrogen) atoms. The van der Waals surface area contributed by atoms with E-state index in [0.29, 0.717) is 17.1 Å². The highest BCUT2D eigenvalue weighted by Gasteiger charge is 2.19. The Morgan fingerprint density at radius 3 is 2.67 bits per heavy atom. The van der Waals surface area contributed by atoms with Gasteiger partial charge in [-0.15, -0.1) is 0 Å². The first-order valence-electron chi connectivity index (χ1n) is 7.02. The molecular weight excluding hydrogens is 319 g/mol. The summed E-state index contributed by atoms with van der Waals surface area (Å²) < 4.78 is 33.8. The van der Waals surface area contributed by atoms with Crippen molar-refractivity contribution in [3.63, 3.8) is 0 Å². The van der Waals surface area contributed by atoms with Gasteiger partial charge in [0, 0.05) is 11.6 Å². The van der Waals surface area contributed by atoms with Crippen molar-refractivity contribution in [3.05, 3.63) is 53.3 Å². The van der Waals surface area contributed by atoms with Crippen LogP contribution in [0.25, 0.3) is 0 Å². The van der Waals surface area contributed by atoms with Crippen molar-refractivity contribution in [3.8, 4) is 17.2 Å². The second kappa shape index (κ2) is 6.57. The molecule has 0 unspecified atom stereocenters. The largest absolute Gasteiger partial charge is 0.497 e. The van der Waals surface area contributed by atoms with E-state index >= 15 is 0 Å². The molecule has 1 aliphatic rings. The zero-order valence-electron chi connectivity index (χ0n) is 12.7. The van der Waals surface area contributed by atoms with Gasteiger partial charge in [-0.1, -0.05) is 0 Å². The molecule has 3 rings (SSSR count). The van der Waals surface area contributed by atoms with Gasteiger partial charge < -0.3 is 18.9 Å². The van der Waals surface area contributed by atoms with E-state index in [2.05, 4.69) is 0 Å². The number of halogens is 1. The van der Waals surface area contributed by atoms with Gasteiger partial charge in [0.05, 0.1) is 12.7 Å². The molecule has 2 aromatic carbocycles. The van der Waals surface area contributed by atoms with Gasteiger partial charge in [-0.3, -0.25) is 4.79 Å². The van der Waals surface area contributed by atoms with Gasteiger partial charge in [0.2, 0.25) is 6.79 Å². The molecule has 0 bridgehead atoms. The molecule has 0 spiro atoms. The lowest BCUT2D eigenvalue weighted by Crippen LogP contribution is -2.15. The van der Waals surface area contributed by atoms with Crippen LogP contribution in [0.5, 0.6) is 17.2 Å². The Balaban J connectivity index is 1.64. The van der Waals surface area contributed by atoms with Gasteiger partial charge in [0.15, 0.2) is 23.9 Å². The van der Waals surface area contributed by atoms with Crippen molar-refractivity contribution < 1.29 is 32.9 Å². The first-order valence-corrected chi connectivity index (χ1v) is 7.02. The maximum absolute atomic E-state index is 13.8. The Hall–Kier alpha value is -3.09. The van der Waals surface area contributed by atoms with Crippen molar-refractivity contribution in [1.29, 1.82) is 0 Å². The van der Waals surface area contributed by atoms with Crippen LogP contribution in [0.15, 0.2) is 36.4 Å². The number of hydrogen-bond acceptors (Lipinski definition) is 6. The zero-order chi connectivity index (χ0) is 17.1. The molecule has 1 heterocycles. The fourth-order valence-electron chi connectivity index (χ4n) is 2.15. The highest BCUT2D eigenvalue weighted by atomic mass is 19.1. The monoisotopic (exact) mass is 332 g/mol. The molecule has 0 amide bonds. The minimum absolute atomic E-state index is 0.0959. The Morgan fingerprint density at radius 2 is 1.92 bits per heavy atom. The van der Waals surface area contributed by atoms with Crippen LogP contribution in [0.1, 0.15) is 20.7 Å². The number of carbonyl (C=O) groups excluding carboxylic acids is 2. The quantitative estimate of drug-likeness (QED) is 0.619. The Bertz CT molecular complexity index is 802. The number of hydrogen-bond donors (Lipinski definition) is 0. The lowest BCUT2D eigenvalue weighted by molar-refractivity contribution is 0.0470. The van der Waals surface area contributed by atoms with E-state index < -0.39 is 24.2 Å². The topological polar surface area (TPSA) is 71.1 Å². The van der Waals surface area contributed by atoms with Crippen molar-refractivity contribution >= 4 is 11.8 Å². The fraction of sp³-hybridized carbons (Fsp3) is 0.176. The van der Waals surface area contributed by atoms with E-state index in [0.717, 1.165) is 6.07 Å². The Kier molecular flexibility index (Phi) is 4.33. The molecule has 0 radical (unpaired) electrons. The van der Waals surface area contributed by atoms with Gasteiger partial charge in [0.1, 0.15) is 11.6 Å². The van der Waals surface area contributed by atoms with E-state index in [4.69, 9.17) is 18.9 Å². The predicted octanol–water partition coefficient (Wildman–Crippen LogP) is 2.60. The average molecular weight is 332 g/mol. The van der Waals surface area contributed by atoms with Gasteiger partial charge in [-0.2, -0.15) is 0 Å². The molecule has 0 saturated carbocycles. The molecule has 0 fully saturated rings. The number of Topliss-reactive ketones (excluding diaryl/α,β-unsaturated/α-hetero) is 1. The van der Waals surface area contributed by atoms with E-state index in [1.807, 2.05) is 0 Å². The SMILES string of the molecule is COc1ccc(C(=O)OCC(=O)c2ccc3c(c2)OCO3)c(F)c1. The molecule has 6 nitrogen and oxygen atoms in total. The Labute approximate surface area is 136 Å². The van der Waals surface area contributed by atoms with Gasteiger partial charge in [0.25, 0.3) is 0 Å². The fourth-order valence-corrected chi connectivity index (χ4v) is 2.15. The molecular formula is C17H13FO6. The lowest BCUT2D eigenvalue weighted by Gasteiger charge is -2.07. The van der Waals surface area contributed by atoms with Crippen LogP contribution in [0.2, 0.25) is 0 Å². The van der Waals surface area contributed by atoms with Crippen LogP contribution < -0.4 is 14.2 Å². The van der Waals surface area contributed by atoms with Crippen LogP contribution >= 0.6 is 0 Å². The highest BCUT2D eigenvalue weighted by molar-refractivity contribution is 5.99. The van der Waals surface area contributed by atoms with Gasteiger partial charge in [-0.25, -0.2) is 9.18 Å². The molecule has 0 aliphatic carbocycles. The number of methoxy groups -OCH3 is 1. The number of rotatable bonds is 5. The van der Waals surface area contributed by atoms with E-state index in [-0.39, 0.29) is 18.1 Å². The summed E-state index contributed by atoms with van der Waals surface area (Å²) in [7, 11) is 1.39. The van der Waals surface area contributed by atoms with E-state index in [1.54, 1.807) is 6.07 Å². The first kappa shape index (κ1) is 15.8. The molecule has 7 heteroatoms. The smallest absolute Gasteiger partial charge is 0.341 e. The summed E-state index contributed by atoms with van der Waals surface area (Å²) in [6.45, 7) is -0.414. The molecule has 124 valence electrons. The summed E-state index contributed by atoms with van der Waals surface area (Å²) in [6, 6.07) is 8.38. The summed E-state index contributed by atoms with van der Waals surface area (Å²) in [6.07, 6.45) is 0. The Morgan fingerprint density at radius 1 is 1.12 bits per heavy atom. The van der Waals surface area contributed by atoms with Crippen LogP contribution in [0.3, 0.4) is 0 Å². The van der Waals surface area contributed by atoms with Gasteiger partial charge in [-0.05, 0) is 30.3 Å². The zero-order valence-corrected chi connectivity index (χ0v) is 12.7. The minimum atomic E-state index is -0.927. The van der Waals surface area contributed by atoms with Crippen molar-refractivity contribution in [2.24, 2.45) is 0 Å². The number of esters is 1. The standard InChI is InChI=1S/C17H13FO6/c1-21-11-3-4-12(13(18)7-11)17(20)22-8-14(19)10-2-5-15-16(6-10)24-9-23-15/h2-7H,8-9H2,1H3. The van der Waals surface area contributed by atoms with Crippen LogP contribution in [0, 0.1) is 5.82 Å². The average Bonchev–Trinajstić information content (AvgIpc) is 3.06. The molecule has 0 atom stereocenters. The third-order valence-corrected chi connectivity index (χ3v) is 3.43. The van der Waals surface area contributed by atoms with Crippen molar-refractivity contribution in [2.75, 3.05) is 20.5 Å². The van der Waals surface area contributed by atoms with Crippen LogP contribution in [0.4, 0.5) is 4.39 Å². The van der Waals surface area contributed by atoms with Crippen molar-refractivity contribution in [2.45, 2.75) is 0 Å². The molecule has 2 aromatic rings. The molecule has 0 saturated heterocycles. The number of fused-ring (bicyclic) bond motifs is 1. The number of ether oxygens (including phenoxy) is 4. The number of carbonyl (C=O) groups is 2. The van der Waals surface area contributed by atoms with Gasteiger partial charge >= 0.3 is 5.97 Å². The third-order valence-electron chi connectivity index (χ3n) is 3.43. The summed E-state index contributed by atoms with van der Waals surface area (Å²) in [4.78, 5) is 24.0. The van der Waals surface area contributed by atoms with E-state index in [9.17, 15) is 14.0 Å². The van der Waals surface area contributed by atoms with E-state index in [1.165, 1.54) is 31.4 Å². The first-order chi connectivity index (χ1) is 11.6. The molecule has 0 aromatic heterocycles. The summed E-state index contributed by atoms with van der Waals surface area (Å²) in [5.74, 6) is -0.868. The second-order valence-electron chi connectivity index (χ2n) is 4.91. The van der Waals surface area contributed by atoms with Crippen LogP contribution in [-0.4, -0.2) is 32.3 Å². The number of ketones is 1. The molecule has 1 aliphatic heterocycles. The minimum Gasteiger partial charge on any atom is -0.497 e. The maximum Gasteiger partial charge on any atom is 0.341 e. The molecule has 0 N–H and O–H groups in total. The highest BCUT2D eigenvalue weighted by Crippen LogP contribution is 2.32. The second-order valence-corrected chi connectivity index (χ2v) is 4.91. The predicted molar refractivity (Wildman–Crippen MR) is 80.1 cm³/mol. The number of benzene rings is 2. The van der Waals surface area contributed by atoms with Crippen molar-refractivity contribution in [1.82, 2.24) is 0 Å². The summed E-state index contributed by atoms with van der Waals surface area (Å²) >= 11 is 0. The summed E-state index contributed by atoms with van der Waals surface area (Å²) in [5.41, 5.74) is 0.0385. The lowest BCUT2D eigenvalue weighted by atomic mass is 10.1. The normalized spacial score (nSPS) is 11.9. The third kappa shape index (κ3) is 3.15.